The second-order valence-corrected chi connectivity index (χ2v) is 5.60. The summed E-state index contributed by atoms with van der Waals surface area (Å²) >= 11 is 3.56. The van der Waals surface area contributed by atoms with Gasteiger partial charge in [-0.25, -0.2) is 0 Å². The van der Waals surface area contributed by atoms with E-state index in [0.29, 0.717) is 6.61 Å². The highest BCUT2D eigenvalue weighted by molar-refractivity contribution is 9.10. The van der Waals surface area contributed by atoms with E-state index in [1.165, 1.54) is 11.1 Å². The molecule has 1 N–H and O–H groups in total. The van der Waals surface area contributed by atoms with Crippen LogP contribution in [0.25, 0.3) is 0 Å². The number of hydrogen-bond donors (Lipinski definition) is 1. The molecule has 0 atom stereocenters. The first-order valence-corrected chi connectivity index (χ1v) is 7.56. The van der Waals surface area contributed by atoms with Gasteiger partial charge >= 0.3 is 0 Å². The van der Waals surface area contributed by atoms with Crippen LogP contribution in [0.1, 0.15) is 29.4 Å². The van der Waals surface area contributed by atoms with Crippen molar-refractivity contribution in [2.45, 2.75) is 33.9 Å². The molecule has 1 heterocycles. The fraction of sp³-hybridized carbons (Fsp3) is 0.375. The standard InChI is InChI=1S/C16H20BrNO2/c1-4-18-9-15-13(5-6-19-15)10-20-14-7-11(2)16(17)12(3)8-14/h5-8,18H,4,9-10H2,1-3H3. The number of hydrogen-bond acceptors (Lipinski definition) is 3. The molecule has 4 heteroatoms. The molecular weight excluding hydrogens is 318 g/mol. The van der Waals surface area contributed by atoms with Gasteiger partial charge in [0.2, 0.25) is 0 Å². The van der Waals surface area contributed by atoms with E-state index >= 15 is 0 Å². The summed E-state index contributed by atoms with van der Waals surface area (Å²) in [5, 5.41) is 3.26. The largest absolute Gasteiger partial charge is 0.489 e. The van der Waals surface area contributed by atoms with Crippen LogP contribution in [0, 0.1) is 13.8 Å². The summed E-state index contributed by atoms with van der Waals surface area (Å²) in [5.41, 5.74) is 3.45. The number of furan rings is 1. The fourth-order valence-electron chi connectivity index (χ4n) is 2.04. The number of benzene rings is 1. The lowest BCUT2D eigenvalue weighted by molar-refractivity contribution is 0.301. The molecule has 3 nitrogen and oxygen atoms in total. The quantitative estimate of drug-likeness (QED) is 0.850. The monoisotopic (exact) mass is 337 g/mol. The second kappa shape index (κ2) is 6.95. The predicted octanol–water partition coefficient (Wildman–Crippen LogP) is 4.35. The highest BCUT2D eigenvalue weighted by Crippen LogP contribution is 2.27. The Kier molecular flexibility index (Phi) is 5.26. The predicted molar refractivity (Wildman–Crippen MR) is 84.0 cm³/mol. The van der Waals surface area contributed by atoms with Crippen molar-refractivity contribution >= 4 is 15.9 Å². The molecule has 0 amide bonds. The highest BCUT2D eigenvalue weighted by Gasteiger charge is 2.08. The van der Waals surface area contributed by atoms with Gasteiger partial charge in [-0.3, -0.25) is 0 Å². The first kappa shape index (κ1) is 15.1. The number of halogens is 1. The van der Waals surface area contributed by atoms with E-state index in [2.05, 4.69) is 42.0 Å². The van der Waals surface area contributed by atoms with E-state index < -0.39 is 0 Å². The summed E-state index contributed by atoms with van der Waals surface area (Å²) in [5.74, 6) is 1.83. The number of aryl methyl sites for hydroxylation is 2. The summed E-state index contributed by atoms with van der Waals surface area (Å²) in [6.07, 6.45) is 1.71. The zero-order valence-electron chi connectivity index (χ0n) is 12.1. The van der Waals surface area contributed by atoms with Crippen LogP contribution < -0.4 is 10.1 Å². The minimum atomic E-state index is 0.526. The Hall–Kier alpha value is -1.26. The van der Waals surface area contributed by atoms with Crippen LogP contribution in [-0.4, -0.2) is 6.54 Å². The number of nitrogens with one attached hydrogen (secondary N) is 1. The van der Waals surface area contributed by atoms with Crippen molar-refractivity contribution in [2.24, 2.45) is 0 Å². The molecule has 1 aromatic carbocycles. The van der Waals surface area contributed by atoms with Crippen LogP contribution in [0.3, 0.4) is 0 Å². The SMILES string of the molecule is CCNCc1occc1COc1cc(C)c(Br)c(C)c1. The summed E-state index contributed by atoms with van der Waals surface area (Å²) < 4.78 is 12.5. The average Bonchev–Trinajstić information content (AvgIpc) is 2.87. The van der Waals surface area contributed by atoms with Gasteiger partial charge < -0.3 is 14.5 Å². The van der Waals surface area contributed by atoms with Crippen molar-refractivity contribution in [2.75, 3.05) is 6.54 Å². The molecule has 2 aromatic rings. The molecule has 0 radical (unpaired) electrons. The fourth-order valence-corrected chi connectivity index (χ4v) is 2.27. The molecule has 0 aliphatic heterocycles. The molecule has 0 spiro atoms. The lowest BCUT2D eigenvalue weighted by atomic mass is 10.1. The Balaban J connectivity index is 2.04. The summed E-state index contributed by atoms with van der Waals surface area (Å²) in [4.78, 5) is 0. The highest BCUT2D eigenvalue weighted by atomic mass is 79.9. The van der Waals surface area contributed by atoms with Crippen LogP contribution in [0.15, 0.2) is 33.4 Å². The Bertz CT molecular complexity index is 555. The van der Waals surface area contributed by atoms with Crippen LogP contribution in [-0.2, 0) is 13.2 Å². The van der Waals surface area contributed by atoms with E-state index in [4.69, 9.17) is 9.15 Å². The van der Waals surface area contributed by atoms with Gasteiger partial charge in [0.1, 0.15) is 18.1 Å². The zero-order chi connectivity index (χ0) is 14.5. The van der Waals surface area contributed by atoms with Crippen molar-refractivity contribution in [3.8, 4) is 5.75 Å². The van der Waals surface area contributed by atoms with E-state index in [1.807, 2.05) is 18.2 Å². The third-order valence-corrected chi connectivity index (χ3v) is 4.43. The molecule has 0 saturated heterocycles. The van der Waals surface area contributed by atoms with Crippen LogP contribution >= 0.6 is 15.9 Å². The number of ether oxygens (including phenoxy) is 1. The molecule has 0 bridgehead atoms. The second-order valence-electron chi connectivity index (χ2n) is 4.81. The molecule has 0 saturated carbocycles. The Morgan fingerprint density at radius 1 is 1.25 bits per heavy atom. The maximum atomic E-state index is 5.88. The normalized spacial score (nSPS) is 10.8. The van der Waals surface area contributed by atoms with Crippen LogP contribution in [0.5, 0.6) is 5.75 Å². The molecule has 0 aliphatic rings. The van der Waals surface area contributed by atoms with Gasteiger partial charge in [-0.2, -0.15) is 0 Å². The van der Waals surface area contributed by atoms with Crippen LogP contribution in [0.4, 0.5) is 0 Å². The van der Waals surface area contributed by atoms with E-state index in [-0.39, 0.29) is 0 Å². The van der Waals surface area contributed by atoms with Crippen molar-refractivity contribution in [1.29, 1.82) is 0 Å². The zero-order valence-corrected chi connectivity index (χ0v) is 13.7. The Labute approximate surface area is 128 Å². The first-order chi connectivity index (χ1) is 9.61. The summed E-state index contributed by atoms with van der Waals surface area (Å²) in [6.45, 7) is 8.40. The minimum Gasteiger partial charge on any atom is -0.489 e. The van der Waals surface area contributed by atoms with Gasteiger partial charge in [-0.05, 0) is 49.7 Å². The lowest BCUT2D eigenvalue weighted by Gasteiger charge is -2.10. The molecule has 108 valence electrons. The Morgan fingerprint density at radius 3 is 2.60 bits per heavy atom. The molecule has 1 aromatic heterocycles. The van der Waals surface area contributed by atoms with Gasteiger partial charge in [0, 0.05) is 10.0 Å². The van der Waals surface area contributed by atoms with Gasteiger partial charge in [-0.1, -0.05) is 22.9 Å². The lowest BCUT2D eigenvalue weighted by Crippen LogP contribution is -2.12. The Morgan fingerprint density at radius 2 is 1.95 bits per heavy atom. The van der Waals surface area contributed by atoms with Crippen molar-refractivity contribution in [3.05, 3.63) is 51.4 Å². The third kappa shape index (κ3) is 3.64. The van der Waals surface area contributed by atoms with E-state index in [1.54, 1.807) is 6.26 Å². The van der Waals surface area contributed by atoms with Gasteiger partial charge in [0.25, 0.3) is 0 Å². The molecule has 2 rings (SSSR count). The van der Waals surface area contributed by atoms with Crippen molar-refractivity contribution in [1.82, 2.24) is 5.32 Å². The smallest absolute Gasteiger partial charge is 0.124 e. The third-order valence-electron chi connectivity index (χ3n) is 3.18. The topological polar surface area (TPSA) is 34.4 Å². The molecule has 0 aliphatic carbocycles. The molecule has 0 unspecified atom stereocenters. The molecule has 20 heavy (non-hydrogen) atoms. The first-order valence-electron chi connectivity index (χ1n) is 6.77. The van der Waals surface area contributed by atoms with Gasteiger partial charge in [-0.15, -0.1) is 0 Å². The van der Waals surface area contributed by atoms with E-state index in [9.17, 15) is 0 Å². The average molecular weight is 338 g/mol. The summed E-state index contributed by atoms with van der Waals surface area (Å²) in [6, 6.07) is 6.05. The minimum absolute atomic E-state index is 0.526. The van der Waals surface area contributed by atoms with Gasteiger partial charge in [0.05, 0.1) is 12.8 Å². The van der Waals surface area contributed by atoms with Crippen molar-refractivity contribution in [3.63, 3.8) is 0 Å². The van der Waals surface area contributed by atoms with Crippen molar-refractivity contribution < 1.29 is 9.15 Å². The maximum absolute atomic E-state index is 5.88. The van der Waals surface area contributed by atoms with Crippen LogP contribution in [0.2, 0.25) is 0 Å². The molecular formula is C16H20BrNO2. The maximum Gasteiger partial charge on any atom is 0.124 e. The van der Waals surface area contributed by atoms with Gasteiger partial charge in [0.15, 0.2) is 0 Å². The van der Waals surface area contributed by atoms with E-state index in [0.717, 1.165) is 34.6 Å². The summed E-state index contributed by atoms with van der Waals surface area (Å²) in [7, 11) is 0. The number of rotatable bonds is 6. The molecule has 0 fully saturated rings.